The highest BCUT2D eigenvalue weighted by Gasteiger charge is 2.34. The van der Waals surface area contributed by atoms with Crippen molar-refractivity contribution in [1.82, 2.24) is 9.78 Å². The lowest BCUT2D eigenvalue weighted by Crippen LogP contribution is -2.17. The minimum absolute atomic E-state index is 0.251. The lowest BCUT2D eigenvalue weighted by molar-refractivity contribution is -0.139. The molecule has 1 unspecified atom stereocenters. The maximum atomic E-state index is 11.4. The van der Waals surface area contributed by atoms with Crippen molar-refractivity contribution in [3.63, 3.8) is 0 Å². The van der Waals surface area contributed by atoms with Gasteiger partial charge in [-0.3, -0.25) is 9.48 Å². The molecular weight excluding hydrogens is 234 g/mol. The number of carbonyl (C=O) groups excluding carboxylic acids is 1. The maximum Gasteiger partial charge on any atom is 0.313 e. The van der Waals surface area contributed by atoms with Gasteiger partial charge in [-0.25, -0.2) is 13.6 Å². The Morgan fingerprint density at radius 3 is 2.81 bits per heavy atom. The number of carbonyl (C=O) groups is 1. The molecule has 1 aromatic heterocycles. The van der Waals surface area contributed by atoms with Crippen molar-refractivity contribution in [2.24, 2.45) is 12.2 Å². The number of ether oxygens (including phenoxy) is 1. The van der Waals surface area contributed by atoms with Crippen LogP contribution in [0.3, 0.4) is 0 Å². The van der Waals surface area contributed by atoms with Crippen LogP contribution in [0.1, 0.15) is 17.9 Å². The lowest BCUT2D eigenvalue weighted by atomic mass is 10.0. The predicted molar refractivity (Wildman–Crippen MR) is 52.9 cm³/mol. The van der Waals surface area contributed by atoms with Crippen molar-refractivity contribution < 1.29 is 17.9 Å². The van der Waals surface area contributed by atoms with E-state index in [0.717, 1.165) is 0 Å². The third kappa shape index (κ3) is 1.81. The molecule has 88 valence electrons. The molecule has 0 bridgehead atoms. The van der Waals surface area contributed by atoms with E-state index < -0.39 is 21.9 Å². The molecule has 0 amide bonds. The monoisotopic (exact) mass is 245 g/mol. The number of hydrogen-bond donors (Lipinski definition) is 1. The summed E-state index contributed by atoms with van der Waals surface area (Å²) in [5.41, 5.74) is 0.313. The van der Waals surface area contributed by atoms with Crippen molar-refractivity contribution in [1.29, 1.82) is 0 Å². The summed E-state index contributed by atoms with van der Waals surface area (Å²) >= 11 is 0. The highest BCUT2D eigenvalue weighted by molar-refractivity contribution is 7.89. The largest absolute Gasteiger partial charge is 0.465 e. The molecule has 0 aliphatic carbocycles. The first-order chi connectivity index (χ1) is 7.39. The molecule has 1 aliphatic heterocycles. The van der Waals surface area contributed by atoms with Crippen LogP contribution in [0.25, 0.3) is 0 Å². The second-order valence-electron chi connectivity index (χ2n) is 3.62. The fraction of sp³-hybridized carbons (Fsp3) is 0.500. The fourth-order valence-electron chi connectivity index (χ4n) is 1.72. The molecule has 0 aromatic carbocycles. The molecule has 1 fully saturated rings. The molecule has 1 atom stereocenters. The molecule has 2 rings (SSSR count). The van der Waals surface area contributed by atoms with E-state index in [-0.39, 0.29) is 5.03 Å². The summed E-state index contributed by atoms with van der Waals surface area (Å²) < 4.78 is 28.7. The third-order valence-corrected chi connectivity index (χ3v) is 3.26. The van der Waals surface area contributed by atoms with Gasteiger partial charge >= 0.3 is 5.97 Å². The van der Waals surface area contributed by atoms with E-state index in [1.54, 1.807) is 7.05 Å². The van der Waals surface area contributed by atoms with Gasteiger partial charge in [-0.05, 0) is 6.42 Å². The second kappa shape index (κ2) is 3.56. The van der Waals surface area contributed by atoms with Crippen LogP contribution < -0.4 is 5.14 Å². The van der Waals surface area contributed by atoms with Crippen LogP contribution in [0.4, 0.5) is 0 Å². The Morgan fingerprint density at radius 2 is 2.31 bits per heavy atom. The van der Waals surface area contributed by atoms with E-state index in [0.29, 0.717) is 18.6 Å². The highest BCUT2D eigenvalue weighted by Crippen LogP contribution is 2.30. The van der Waals surface area contributed by atoms with Crippen molar-refractivity contribution >= 4 is 16.0 Å². The molecule has 8 heteroatoms. The van der Waals surface area contributed by atoms with E-state index >= 15 is 0 Å². The number of aryl methyl sites for hydroxylation is 1. The molecule has 16 heavy (non-hydrogen) atoms. The summed E-state index contributed by atoms with van der Waals surface area (Å²) in [4.78, 5) is 11.4. The van der Waals surface area contributed by atoms with Crippen molar-refractivity contribution in [3.05, 3.63) is 11.8 Å². The topological polar surface area (TPSA) is 104 Å². The standard InChI is InChI=1S/C8H11N3O4S/c1-11-4-6(5-2-3-15-8(5)12)7(10-11)16(9,13)14/h4-5H,2-3H2,1H3,(H2,9,13,14). The fourth-order valence-corrected chi connectivity index (χ4v) is 2.49. The normalized spacial score (nSPS) is 21.1. The van der Waals surface area contributed by atoms with E-state index in [1.165, 1.54) is 10.9 Å². The number of rotatable bonds is 2. The minimum Gasteiger partial charge on any atom is -0.465 e. The summed E-state index contributed by atoms with van der Waals surface area (Å²) in [5, 5.41) is 8.53. The van der Waals surface area contributed by atoms with Crippen LogP contribution in [0.15, 0.2) is 11.2 Å². The van der Waals surface area contributed by atoms with Gasteiger partial charge in [0.05, 0.1) is 12.5 Å². The zero-order valence-electron chi connectivity index (χ0n) is 8.58. The molecule has 1 aromatic rings. The molecule has 0 radical (unpaired) electrons. The number of primary sulfonamides is 1. The van der Waals surface area contributed by atoms with Crippen molar-refractivity contribution in [3.8, 4) is 0 Å². The number of cyclic esters (lactones) is 1. The smallest absolute Gasteiger partial charge is 0.313 e. The van der Waals surface area contributed by atoms with Gasteiger partial charge in [0.15, 0.2) is 5.03 Å². The summed E-state index contributed by atoms with van der Waals surface area (Å²) in [5.74, 6) is -1.01. The van der Waals surface area contributed by atoms with Crippen LogP contribution in [-0.4, -0.2) is 30.8 Å². The number of hydrogen-bond acceptors (Lipinski definition) is 5. The third-order valence-electron chi connectivity index (χ3n) is 2.40. The summed E-state index contributed by atoms with van der Waals surface area (Å²) in [6, 6.07) is 0. The van der Waals surface area contributed by atoms with Crippen molar-refractivity contribution in [2.75, 3.05) is 6.61 Å². The SMILES string of the molecule is Cn1cc(C2CCOC2=O)c(S(N)(=O)=O)n1. The molecule has 0 saturated carbocycles. The summed E-state index contributed by atoms with van der Waals surface area (Å²) in [7, 11) is -2.35. The summed E-state index contributed by atoms with van der Waals surface area (Å²) in [6.07, 6.45) is 1.93. The quantitative estimate of drug-likeness (QED) is 0.680. The maximum absolute atomic E-state index is 11.4. The summed E-state index contributed by atoms with van der Waals surface area (Å²) in [6.45, 7) is 0.294. The van der Waals surface area contributed by atoms with Crippen LogP contribution in [0, 0.1) is 0 Å². The van der Waals surface area contributed by atoms with Crippen LogP contribution in [0.5, 0.6) is 0 Å². The zero-order valence-corrected chi connectivity index (χ0v) is 9.40. The van der Waals surface area contributed by atoms with Gasteiger partial charge in [0, 0.05) is 18.8 Å². The first-order valence-corrected chi connectivity index (χ1v) is 6.17. The Morgan fingerprint density at radius 1 is 1.62 bits per heavy atom. The first kappa shape index (κ1) is 11.1. The predicted octanol–water partition coefficient (Wildman–Crippen LogP) is -0.902. The molecule has 1 aliphatic rings. The Bertz CT molecular complexity index is 533. The molecule has 2 heterocycles. The molecule has 0 spiro atoms. The highest BCUT2D eigenvalue weighted by atomic mass is 32.2. The Labute approximate surface area is 92.2 Å². The van der Waals surface area contributed by atoms with Crippen molar-refractivity contribution in [2.45, 2.75) is 17.4 Å². The van der Waals surface area contributed by atoms with Gasteiger partial charge in [-0.2, -0.15) is 5.10 Å². The Kier molecular flexibility index (Phi) is 2.47. The molecular formula is C8H11N3O4S. The van der Waals surface area contributed by atoms with Gasteiger partial charge in [-0.15, -0.1) is 0 Å². The Hall–Kier alpha value is -1.41. The lowest BCUT2D eigenvalue weighted by Gasteiger charge is -2.03. The zero-order chi connectivity index (χ0) is 11.9. The van der Waals surface area contributed by atoms with Crippen LogP contribution in [0.2, 0.25) is 0 Å². The van der Waals surface area contributed by atoms with Crippen LogP contribution in [-0.2, 0) is 26.6 Å². The molecule has 7 nitrogen and oxygen atoms in total. The van der Waals surface area contributed by atoms with Gasteiger partial charge in [-0.1, -0.05) is 0 Å². The number of aromatic nitrogens is 2. The number of nitrogens with zero attached hydrogens (tertiary/aromatic N) is 2. The average Bonchev–Trinajstić information content (AvgIpc) is 2.70. The van der Waals surface area contributed by atoms with E-state index in [1.807, 2.05) is 0 Å². The van der Waals surface area contributed by atoms with E-state index in [2.05, 4.69) is 5.10 Å². The second-order valence-corrected chi connectivity index (χ2v) is 5.09. The van der Waals surface area contributed by atoms with E-state index in [4.69, 9.17) is 9.88 Å². The van der Waals surface area contributed by atoms with Gasteiger partial charge in [0.1, 0.15) is 0 Å². The molecule has 2 N–H and O–H groups in total. The van der Waals surface area contributed by atoms with E-state index in [9.17, 15) is 13.2 Å². The van der Waals surface area contributed by atoms with Crippen LogP contribution >= 0.6 is 0 Å². The van der Waals surface area contributed by atoms with Gasteiger partial charge in [0.2, 0.25) is 0 Å². The average molecular weight is 245 g/mol. The van der Waals surface area contributed by atoms with Gasteiger partial charge < -0.3 is 4.74 Å². The van der Waals surface area contributed by atoms with Gasteiger partial charge in [0.25, 0.3) is 10.0 Å². The number of nitrogens with two attached hydrogens (primary N) is 1. The number of esters is 1. The minimum atomic E-state index is -3.91. The Balaban J connectivity index is 2.52. The first-order valence-electron chi connectivity index (χ1n) is 4.62. The number of sulfonamides is 1. The molecule has 1 saturated heterocycles.